The lowest BCUT2D eigenvalue weighted by molar-refractivity contribution is -0.122. The van der Waals surface area contributed by atoms with Crippen LogP contribution in [-0.2, 0) is 11.2 Å². The largest absolute Gasteiger partial charge is 0.472 e. The first-order valence-electron chi connectivity index (χ1n) is 7.52. The van der Waals surface area contributed by atoms with Gasteiger partial charge in [0.05, 0.1) is 22.5 Å². The third kappa shape index (κ3) is 4.92. The molecule has 2 rings (SSSR count). The molecular formula is C16H21N3O3S. The number of thiazole rings is 1. The topological polar surface area (TPSA) is 84.2 Å². The maximum absolute atomic E-state index is 12.0. The molecule has 0 aliphatic rings. The monoisotopic (exact) mass is 335 g/mol. The van der Waals surface area contributed by atoms with E-state index in [4.69, 9.17) is 4.42 Å². The molecule has 0 unspecified atom stereocenters. The summed E-state index contributed by atoms with van der Waals surface area (Å²) in [5.74, 6) is -0.134. The minimum atomic E-state index is -0.612. The molecule has 124 valence electrons. The van der Waals surface area contributed by atoms with E-state index >= 15 is 0 Å². The van der Waals surface area contributed by atoms with Crippen LogP contribution < -0.4 is 10.6 Å². The van der Waals surface area contributed by atoms with E-state index in [1.807, 2.05) is 5.38 Å². The van der Waals surface area contributed by atoms with Crippen molar-refractivity contribution >= 4 is 23.2 Å². The Morgan fingerprint density at radius 1 is 1.35 bits per heavy atom. The van der Waals surface area contributed by atoms with Gasteiger partial charge in [0.25, 0.3) is 5.91 Å². The molecule has 1 atom stereocenters. The fraction of sp³-hybridized carbons (Fsp3) is 0.438. The summed E-state index contributed by atoms with van der Waals surface area (Å²) < 4.78 is 4.84. The van der Waals surface area contributed by atoms with E-state index in [2.05, 4.69) is 29.5 Å². The quantitative estimate of drug-likeness (QED) is 0.813. The number of hydrogen-bond donors (Lipinski definition) is 2. The summed E-state index contributed by atoms with van der Waals surface area (Å²) in [5, 5.41) is 8.56. The van der Waals surface area contributed by atoms with Crippen molar-refractivity contribution in [1.29, 1.82) is 0 Å². The van der Waals surface area contributed by atoms with Crippen molar-refractivity contribution in [2.75, 3.05) is 6.54 Å². The molecule has 0 saturated heterocycles. The van der Waals surface area contributed by atoms with Crippen LogP contribution in [0.2, 0.25) is 0 Å². The molecule has 6 nitrogen and oxygen atoms in total. The predicted octanol–water partition coefficient (Wildman–Crippen LogP) is 2.34. The molecule has 0 spiro atoms. The number of carbonyl (C=O) groups excluding carboxylic acids is 2. The molecule has 0 bridgehead atoms. The molecule has 0 saturated carbocycles. The Hall–Kier alpha value is -2.15. The summed E-state index contributed by atoms with van der Waals surface area (Å²) in [5.41, 5.74) is 1.38. The van der Waals surface area contributed by atoms with Gasteiger partial charge < -0.3 is 15.1 Å². The molecule has 0 aromatic carbocycles. The van der Waals surface area contributed by atoms with Crippen molar-refractivity contribution < 1.29 is 14.0 Å². The van der Waals surface area contributed by atoms with Gasteiger partial charge in [-0.15, -0.1) is 11.3 Å². The van der Waals surface area contributed by atoms with Crippen molar-refractivity contribution in [3.8, 4) is 0 Å². The summed E-state index contributed by atoms with van der Waals surface area (Å²) in [7, 11) is 0. The van der Waals surface area contributed by atoms with Gasteiger partial charge in [-0.2, -0.15) is 0 Å². The summed E-state index contributed by atoms with van der Waals surface area (Å²) in [4.78, 5) is 28.3. The number of carbonyl (C=O) groups is 2. The number of hydrogen-bond acceptors (Lipinski definition) is 5. The van der Waals surface area contributed by atoms with Gasteiger partial charge in [-0.05, 0) is 13.0 Å². The van der Waals surface area contributed by atoms with Crippen LogP contribution >= 0.6 is 11.3 Å². The number of amides is 2. The summed E-state index contributed by atoms with van der Waals surface area (Å²) >= 11 is 1.64. The third-order valence-corrected chi connectivity index (χ3v) is 4.46. The van der Waals surface area contributed by atoms with Gasteiger partial charge in [0.1, 0.15) is 12.3 Å². The van der Waals surface area contributed by atoms with Crippen LogP contribution in [0, 0.1) is 0 Å². The van der Waals surface area contributed by atoms with Gasteiger partial charge in [-0.25, -0.2) is 4.98 Å². The van der Waals surface area contributed by atoms with Crippen LogP contribution in [0.15, 0.2) is 28.4 Å². The molecule has 0 aliphatic heterocycles. The van der Waals surface area contributed by atoms with E-state index in [9.17, 15) is 9.59 Å². The van der Waals surface area contributed by atoms with E-state index in [1.54, 1.807) is 24.3 Å². The van der Waals surface area contributed by atoms with Gasteiger partial charge in [0, 0.05) is 24.3 Å². The van der Waals surface area contributed by atoms with Crippen LogP contribution in [0.4, 0.5) is 0 Å². The Labute approximate surface area is 139 Å². The smallest absolute Gasteiger partial charge is 0.255 e. The molecule has 0 aliphatic carbocycles. The zero-order valence-electron chi connectivity index (χ0n) is 13.5. The van der Waals surface area contributed by atoms with Crippen LogP contribution in [0.3, 0.4) is 0 Å². The number of nitrogens with one attached hydrogen (secondary N) is 2. The summed E-state index contributed by atoms with van der Waals surface area (Å²) in [6.07, 6.45) is 3.44. The number of furan rings is 1. The standard InChI is InChI=1S/C16H21N3O3S/c1-10(2)16-19-13(9-23-16)4-6-17-14(20)11(3)18-15(21)12-5-7-22-8-12/h5,7-11H,4,6H2,1-3H3,(H,17,20)(H,18,21)/t11-/m1/s1. The van der Waals surface area contributed by atoms with E-state index in [0.717, 1.165) is 10.7 Å². The van der Waals surface area contributed by atoms with E-state index in [-0.39, 0.29) is 11.8 Å². The molecule has 2 aromatic rings. The Morgan fingerprint density at radius 3 is 2.74 bits per heavy atom. The lowest BCUT2D eigenvalue weighted by Gasteiger charge is -2.13. The minimum Gasteiger partial charge on any atom is -0.472 e. The van der Waals surface area contributed by atoms with Crippen molar-refractivity contribution in [2.24, 2.45) is 0 Å². The van der Waals surface area contributed by atoms with Crippen molar-refractivity contribution in [2.45, 2.75) is 39.2 Å². The third-order valence-electron chi connectivity index (χ3n) is 3.27. The average molecular weight is 335 g/mol. The minimum absolute atomic E-state index is 0.221. The lowest BCUT2D eigenvalue weighted by Crippen LogP contribution is -2.45. The molecule has 2 aromatic heterocycles. The SMILES string of the molecule is CC(C)c1nc(CCNC(=O)[C@@H](C)NC(=O)c2ccoc2)cs1. The summed E-state index contributed by atoms with van der Waals surface area (Å²) in [6, 6.07) is 0.938. The van der Waals surface area contributed by atoms with Crippen LogP contribution in [0.25, 0.3) is 0 Å². The molecule has 2 amide bonds. The number of aromatic nitrogens is 1. The van der Waals surface area contributed by atoms with Gasteiger partial charge in [-0.3, -0.25) is 9.59 Å². The predicted molar refractivity (Wildman–Crippen MR) is 88.6 cm³/mol. The van der Waals surface area contributed by atoms with Crippen LogP contribution in [-0.4, -0.2) is 29.4 Å². The second-order valence-corrected chi connectivity index (χ2v) is 6.47. The maximum Gasteiger partial charge on any atom is 0.255 e. The van der Waals surface area contributed by atoms with Gasteiger partial charge >= 0.3 is 0 Å². The van der Waals surface area contributed by atoms with E-state index in [1.165, 1.54) is 12.5 Å². The second kappa shape index (κ2) is 7.92. The molecule has 0 fully saturated rings. The van der Waals surface area contributed by atoms with Gasteiger partial charge in [0.15, 0.2) is 0 Å². The fourth-order valence-corrected chi connectivity index (χ4v) is 2.78. The first kappa shape index (κ1) is 17.2. The van der Waals surface area contributed by atoms with Gasteiger partial charge in [-0.1, -0.05) is 13.8 Å². The highest BCUT2D eigenvalue weighted by atomic mass is 32.1. The number of rotatable bonds is 7. The highest BCUT2D eigenvalue weighted by molar-refractivity contribution is 7.09. The van der Waals surface area contributed by atoms with Crippen LogP contribution in [0.1, 0.15) is 47.7 Å². The number of nitrogens with zero attached hydrogens (tertiary/aromatic N) is 1. The molecule has 7 heteroatoms. The highest BCUT2D eigenvalue weighted by Gasteiger charge is 2.17. The normalized spacial score (nSPS) is 12.2. The Bertz CT molecular complexity index is 649. The first-order chi connectivity index (χ1) is 11.0. The van der Waals surface area contributed by atoms with Crippen molar-refractivity contribution in [1.82, 2.24) is 15.6 Å². The zero-order valence-corrected chi connectivity index (χ0v) is 14.3. The van der Waals surface area contributed by atoms with E-state index in [0.29, 0.717) is 24.4 Å². The Balaban J connectivity index is 1.74. The highest BCUT2D eigenvalue weighted by Crippen LogP contribution is 2.19. The zero-order chi connectivity index (χ0) is 16.8. The Morgan fingerprint density at radius 2 is 2.13 bits per heavy atom. The van der Waals surface area contributed by atoms with Crippen molar-refractivity contribution in [3.63, 3.8) is 0 Å². The van der Waals surface area contributed by atoms with Gasteiger partial charge in [0.2, 0.25) is 5.91 Å². The average Bonchev–Trinajstić information content (AvgIpc) is 3.18. The second-order valence-electron chi connectivity index (χ2n) is 5.58. The molecule has 2 heterocycles. The molecule has 0 radical (unpaired) electrons. The summed E-state index contributed by atoms with van der Waals surface area (Å²) in [6.45, 7) is 6.35. The van der Waals surface area contributed by atoms with Crippen molar-refractivity contribution in [3.05, 3.63) is 40.2 Å². The van der Waals surface area contributed by atoms with E-state index < -0.39 is 6.04 Å². The molecule has 23 heavy (non-hydrogen) atoms. The molecule has 2 N–H and O–H groups in total. The first-order valence-corrected chi connectivity index (χ1v) is 8.40. The fourth-order valence-electron chi connectivity index (χ4n) is 1.91. The molecular weight excluding hydrogens is 314 g/mol. The maximum atomic E-state index is 12.0. The van der Waals surface area contributed by atoms with Crippen LogP contribution in [0.5, 0.6) is 0 Å². The Kier molecular flexibility index (Phi) is 5.92. The lowest BCUT2D eigenvalue weighted by atomic mass is 10.2.